The van der Waals surface area contributed by atoms with Crippen molar-refractivity contribution in [2.45, 2.75) is 272 Å². The van der Waals surface area contributed by atoms with Crippen LogP contribution in [0.2, 0.25) is 0 Å². The van der Waals surface area contributed by atoms with Crippen molar-refractivity contribution in [2.24, 2.45) is 11.8 Å². The van der Waals surface area contributed by atoms with Gasteiger partial charge in [0.1, 0.15) is 13.2 Å². The zero-order chi connectivity index (χ0) is 40.5. The first kappa shape index (κ1) is 53.4. The Bertz CT molecular complexity index is 839. The van der Waals surface area contributed by atoms with Crippen molar-refractivity contribution in [3.63, 3.8) is 0 Å². The molecule has 0 aromatic rings. The smallest absolute Gasteiger partial charge is 0.306 e. The Morgan fingerprint density at radius 1 is 0.345 bits per heavy atom. The van der Waals surface area contributed by atoms with E-state index in [-0.39, 0.29) is 31.1 Å². The number of ether oxygens (including phenoxy) is 3. The predicted molar refractivity (Wildman–Crippen MR) is 233 cm³/mol. The summed E-state index contributed by atoms with van der Waals surface area (Å²) < 4.78 is 16.7. The molecule has 6 nitrogen and oxygen atoms in total. The lowest BCUT2D eigenvalue weighted by atomic mass is 10.0. The molecule has 0 saturated carbocycles. The molecule has 55 heavy (non-hydrogen) atoms. The monoisotopic (exact) mass is 779 g/mol. The molecule has 0 rings (SSSR count). The van der Waals surface area contributed by atoms with Crippen molar-refractivity contribution in [1.29, 1.82) is 0 Å². The molecular formula is C49H94O6. The topological polar surface area (TPSA) is 78.9 Å². The van der Waals surface area contributed by atoms with E-state index in [0.29, 0.717) is 19.3 Å². The van der Waals surface area contributed by atoms with Crippen LogP contribution in [0.25, 0.3) is 0 Å². The van der Waals surface area contributed by atoms with Crippen molar-refractivity contribution >= 4 is 17.9 Å². The maximum absolute atomic E-state index is 12.7. The van der Waals surface area contributed by atoms with Crippen LogP contribution in [0.3, 0.4) is 0 Å². The second kappa shape index (κ2) is 42.0. The molecule has 0 aliphatic rings. The molecule has 0 N–H and O–H groups in total. The summed E-state index contributed by atoms with van der Waals surface area (Å²) >= 11 is 0. The summed E-state index contributed by atoms with van der Waals surface area (Å²) in [4.78, 5) is 37.7. The molecule has 0 aliphatic carbocycles. The maximum atomic E-state index is 12.7. The van der Waals surface area contributed by atoms with E-state index in [0.717, 1.165) is 69.6 Å². The summed E-state index contributed by atoms with van der Waals surface area (Å²) in [5.41, 5.74) is 0. The maximum Gasteiger partial charge on any atom is 0.306 e. The Kier molecular flexibility index (Phi) is 40.8. The molecule has 0 aromatic heterocycles. The lowest BCUT2D eigenvalue weighted by Gasteiger charge is -2.18. The second-order valence-corrected chi connectivity index (χ2v) is 17.7. The number of hydrogen-bond donors (Lipinski definition) is 0. The number of esters is 3. The fourth-order valence-corrected chi connectivity index (χ4v) is 7.28. The van der Waals surface area contributed by atoms with Gasteiger partial charge in [-0.05, 0) is 31.1 Å². The number of unbranched alkanes of at least 4 members (excludes halogenated alkanes) is 28. The Labute approximate surface area is 342 Å². The zero-order valence-electron chi connectivity index (χ0n) is 37.6. The minimum Gasteiger partial charge on any atom is -0.462 e. The molecule has 0 bridgehead atoms. The fourth-order valence-electron chi connectivity index (χ4n) is 7.28. The van der Waals surface area contributed by atoms with Crippen LogP contribution in [0.1, 0.15) is 266 Å². The van der Waals surface area contributed by atoms with Gasteiger partial charge in [-0.15, -0.1) is 0 Å². The van der Waals surface area contributed by atoms with Crippen molar-refractivity contribution in [3.8, 4) is 0 Å². The summed E-state index contributed by atoms with van der Waals surface area (Å²) in [6.07, 6.45) is 41.0. The van der Waals surface area contributed by atoms with Crippen molar-refractivity contribution in [3.05, 3.63) is 0 Å². The molecule has 0 aromatic carbocycles. The van der Waals surface area contributed by atoms with Crippen LogP contribution in [0.15, 0.2) is 0 Å². The second-order valence-electron chi connectivity index (χ2n) is 17.7. The van der Waals surface area contributed by atoms with Crippen LogP contribution >= 0.6 is 0 Å². The van der Waals surface area contributed by atoms with E-state index in [1.807, 2.05) is 0 Å². The third-order valence-electron chi connectivity index (χ3n) is 11.0. The first-order chi connectivity index (χ1) is 26.7. The summed E-state index contributed by atoms with van der Waals surface area (Å²) in [5, 5.41) is 0. The largest absolute Gasteiger partial charge is 0.462 e. The van der Waals surface area contributed by atoms with Crippen LogP contribution in [0.5, 0.6) is 0 Å². The summed E-state index contributed by atoms with van der Waals surface area (Å²) in [6.45, 7) is 11.3. The van der Waals surface area contributed by atoms with Crippen molar-refractivity contribution in [1.82, 2.24) is 0 Å². The van der Waals surface area contributed by atoms with E-state index in [2.05, 4.69) is 34.6 Å². The lowest BCUT2D eigenvalue weighted by Crippen LogP contribution is -2.30. The number of carbonyl (C=O) groups excluding carboxylic acids is 3. The SMILES string of the molecule is CCCCCCCCCCCC(=O)OC[C@@H](COC(=O)CCCCCCCCCCCCCCCCCC(C)C)OC(=O)CCCCCCCCCC(C)C. The van der Waals surface area contributed by atoms with E-state index in [1.54, 1.807) is 0 Å². The van der Waals surface area contributed by atoms with Crippen molar-refractivity contribution in [2.75, 3.05) is 13.2 Å². The van der Waals surface area contributed by atoms with Gasteiger partial charge in [0.05, 0.1) is 0 Å². The minimum atomic E-state index is -0.760. The van der Waals surface area contributed by atoms with Crippen LogP contribution in [0, 0.1) is 11.8 Å². The van der Waals surface area contributed by atoms with E-state index in [1.165, 1.54) is 154 Å². The molecule has 0 fully saturated rings. The third-order valence-corrected chi connectivity index (χ3v) is 11.0. The average Bonchev–Trinajstić information content (AvgIpc) is 3.15. The first-order valence-electron chi connectivity index (χ1n) is 24.2. The molecule has 0 saturated heterocycles. The molecule has 0 heterocycles. The highest BCUT2D eigenvalue weighted by molar-refractivity contribution is 5.71. The molecule has 0 unspecified atom stereocenters. The number of carbonyl (C=O) groups is 3. The van der Waals surface area contributed by atoms with Crippen molar-refractivity contribution < 1.29 is 28.6 Å². The van der Waals surface area contributed by atoms with Crippen LogP contribution in [0.4, 0.5) is 0 Å². The van der Waals surface area contributed by atoms with Gasteiger partial charge in [0.2, 0.25) is 0 Å². The van der Waals surface area contributed by atoms with Gasteiger partial charge >= 0.3 is 17.9 Å². The van der Waals surface area contributed by atoms with Crippen LogP contribution in [-0.2, 0) is 28.6 Å². The summed E-state index contributed by atoms with van der Waals surface area (Å²) in [7, 11) is 0. The molecule has 0 aliphatic heterocycles. The first-order valence-corrected chi connectivity index (χ1v) is 24.2. The zero-order valence-corrected chi connectivity index (χ0v) is 37.6. The Morgan fingerprint density at radius 3 is 0.891 bits per heavy atom. The molecule has 326 valence electrons. The number of hydrogen-bond acceptors (Lipinski definition) is 6. The quantitative estimate of drug-likeness (QED) is 0.0348. The van der Waals surface area contributed by atoms with Gasteiger partial charge < -0.3 is 14.2 Å². The van der Waals surface area contributed by atoms with Gasteiger partial charge in [0.15, 0.2) is 6.10 Å². The van der Waals surface area contributed by atoms with Gasteiger partial charge in [-0.3, -0.25) is 14.4 Å². The Balaban J connectivity index is 4.22. The molecule has 0 spiro atoms. The van der Waals surface area contributed by atoms with E-state index in [4.69, 9.17) is 14.2 Å². The molecular weight excluding hydrogens is 685 g/mol. The van der Waals surface area contributed by atoms with Gasteiger partial charge in [-0.25, -0.2) is 0 Å². The summed E-state index contributed by atoms with van der Waals surface area (Å²) in [5.74, 6) is 0.769. The molecule has 0 radical (unpaired) electrons. The Hall–Kier alpha value is -1.59. The molecule has 0 amide bonds. The van der Waals surface area contributed by atoms with Crippen LogP contribution < -0.4 is 0 Å². The normalized spacial score (nSPS) is 12.1. The van der Waals surface area contributed by atoms with Crippen LogP contribution in [-0.4, -0.2) is 37.2 Å². The standard InChI is InChI=1S/C49H94O6/c1-6-7-8-9-10-18-24-29-34-39-47(50)53-42-46(55-49(52)41-36-31-26-21-23-28-33-38-45(4)5)43-54-48(51)40-35-30-25-20-17-15-13-11-12-14-16-19-22-27-32-37-44(2)3/h44-46H,6-43H2,1-5H3/t46-/m0/s1. The fraction of sp³-hybridized carbons (Fsp3) is 0.939. The summed E-state index contributed by atoms with van der Waals surface area (Å²) in [6, 6.07) is 0. The highest BCUT2D eigenvalue weighted by Crippen LogP contribution is 2.17. The Morgan fingerprint density at radius 2 is 0.600 bits per heavy atom. The highest BCUT2D eigenvalue weighted by Gasteiger charge is 2.19. The van der Waals surface area contributed by atoms with Gasteiger partial charge in [0.25, 0.3) is 0 Å². The van der Waals surface area contributed by atoms with Gasteiger partial charge in [0, 0.05) is 19.3 Å². The van der Waals surface area contributed by atoms with E-state index < -0.39 is 6.10 Å². The average molecular weight is 779 g/mol. The molecule has 1 atom stereocenters. The minimum absolute atomic E-state index is 0.0649. The highest BCUT2D eigenvalue weighted by atomic mass is 16.6. The molecule has 6 heteroatoms. The lowest BCUT2D eigenvalue weighted by molar-refractivity contribution is -0.167. The third kappa shape index (κ3) is 43.4. The van der Waals surface area contributed by atoms with Gasteiger partial charge in [-0.2, -0.15) is 0 Å². The predicted octanol–water partition coefficient (Wildman–Crippen LogP) is 15.4. The van der Waals surface area contributed by atoms with E-state index >= 15 is 0 Å². The van der Waals surface area contributed by atoms with E-state index in [9.17, 15) is 14.4 Å². The van der Waals surface area contributed by atoms with Gasteiger partial charge in [-0.1, -0.05) is 227 Å². The number of rotatable bonds is 43.